The lowest BCUT2D eigenvalue weighted by molar-refractivity contribution is 0.370. The second kappa shape index (κ2) is 9.89. The Bertz CT molecular complexity index is 2120. The average molecular weight is 568 g/mol. The summed E-state index contributed by atoms with van der Waals surface area (Å²) >= 11 is 0. The number of allylic oxidation sites excluding steroid dienone is 2. The van der Waals surface area contributed by atoms with Gasteiger partial charge in [0.15, 0.2) is 0 Å². The number of hydrogen-bond acceptors (Lipinski definition) is 4. The largest absolute Gasteiger partial charge is 0.359 e. The molecule has 0 aliphatic carbocycles. The van der Waals surface area contributed by atoms with Crippen molar-refractivity contribution in [2.24, 2.45) is 0 Å². The van der Waals surface area contributed by atoms with E-state index in [1.165, 1.54) is 27.8 Å². The van der Waals surface area contributed by atoms with Crippen LogP contribution in [0.4, 0.5) is 0 Å². The number of nitrogens with one attached hydrogen (secondary N) is 2. The van der Waals surface area contributed by atoms with Crippen molar-refractivity contribution < 1.29 is 0 Å². The highest BCUT2D eigenvalue weighted by atomic mass is 15.4. The van der Waals surface area contributed by atoms with Gasteiger partial charge in [0.2, 0.25) is 0 Å². The maximum Gasteiger partial charge on any atom is 0.145 e. The van der Waals surface area contributed by atoms with Gasteiger partial charge in [0.25, 0.3) is 0 Å². The van der Waals surface area contributed by atoms with E-state index in [4.69, 9.17) is 4.98 Å². The number of fused-ring (bicyclic) bond motifs is 5. The molecule has 5 nitrogen and oxygen atoms in total. The topological polar surface area (TPSA) is 45.1 Å². The minimum Gasteiger partial charge on any atom is -0.359 e. The Morgan fingerprint density at radius 1 is 0.614 bits per heavy atom. The first-order chi connectivity index (χ1) is 21.8. The van der Waals surface area contributed by atoms with Crippen LogP contribution in [0.1, 0.15) is 22.7 Å². The SMILES string of the molecule is C1=CC2NC3=C(NC(c4ccc(-c5ccc(-n6c(-c7ccccc7)nc7ccccc76)cc5)cc4)c4ccccc43)N2C=C1. The molecule has 1 aromatic heterocycles. The van der Waals surface area contributed by atoms with Crippen LogP contribution in [-0.4, -0.2) is 20.6 Å². The van der Waals surface area contributed by atoms with E-state index in [0.29, 0.717) is 0 Å². The first-order valence-electron chi connectivity index (χ1n) is 15.1. The molecule has 0 amide bonds. The van der Waals surface area contributed by atoms with E-state index < -0.39 is 0 Å². The third-order valence-corrected chi connectivity index (χ3v) is 8.86. The van der Waals surface area contributed by atoms with Crippen molar-refractivity contribution in [3.05, 3.63) is 174 Å². The van der Waals surface area contributed by atoms with Gasteiger partial charge >= 0.3 is 0 Å². The fraction of sp³-hybridized carbons (Fsp3) is 0.0513. The van der Waals surface area contributed by atoms with Crippen LogP contribution in [0.5, 0.6) is 0 Å². The zero-order valence-corrected chi connectivity index (χ0v) is 23.9. The molecule has 210 valence electrons. The number of nitrogens with zero attached hydrogens (tertiary/aromatic N) is 3. The number of benzene rings is 5. The molecular weight excluding hydrogens is 538 g/mol. The predicted molar refractivity (Wildman–Crippen MR) is 177 cm³/mol. The monoisotopic (exact) mass is 567 g/mol. The molecule has 0 bridgehead atoms. The van der Waals surface area contributed by atoms with Crippen LogP contribution in [-0.2, 0) is 0 Å². The average Bonchev–Trinajstić information content (AvgIpc) is 3.68. The standard InChI is InChI=1S/C39H29N5/c1-2-10-29(11-3-1)38-40-33-14-6-7-15-34(33)44(38)30-23-21-27(22-24-30)26-17-19-28(20-18-26)36-31-12-4-5-13-32(31)37-39(42-36)43-25-9-8-16-35(43)41-37/h1-25,35-36,41-42H. The van der Waals surface area contributed by atoms with Gasteiger partial charge in [-0.25, -0.2) is 4.98 Å². The first-order valence-corrected chi connectivity index (χ1v) is 15.1. The predicted octanol–water partition coefficient (Wildman–Crippen LogP) is 7.99. The van der Waals surface area contributed by atoms with Crippen LogP contribution in [0.15, 0.2) is 158 Å². The van der Waals surface area contributed by atoms with Crippen molar-refractivity contribution in [1.82, 2.24) is 25.1 Å². The minimum atomic E-state index is 0.0622. The maximum absolute atomic E-state index is 4.99. The van der Waals surface area contributed by atoms with E-state index in [1.54, 1.807) is 0 Å². The summed E-state index contributed by atoms with van der Waals surface area (Å²) in [6, 6.07) is 45.3. The number of para-hydroxylation sites is 2. The lowest BCUT2D eigenvalue weighted by Crippen LogP contribution is -2.36. The molecule has 2 unspecified atom stereocenters. The van der Waals surface area contributed by atoms with Crippen molar-refractivity contribution >= 4 is 16.7 Å². The lowest BCUT2D eigenvalue weighted by atomic mass is 9.89. The summed E-state index contributed by atoms with van der Waals surface area (Å²) in [5.74, 6) is 2.07. The molecular formula is C39H29N5. The van der Waals surface area contributed by atoms with Crippen molar-refractivity contribution in [2.75, 3.05) is 0 Å². The lowest BCUT2D eigenvalue weighted by Gasteiger charge is -2.32. The summed E-state index contributed by atoms with van der Waals surface area (Å²) < 4.78 is 2.25. The third kappa shape index (κ3) is 3.90. The molecule has 5 aromatic carbocycles. The van der Waals surface area contributed by atoms with Gasteiger partial charge in [-0.15, -0.1) is 0 Å². The summed E-state index contributed by atoms with van der Waals surface area (Å²) in [4.78, 5) is 7.27. The van der Waals surface area contributed by atoms with Gasteiger partial charge in [-0.1, -0.05) is 109 Å². The minimum absolute atomic E-state index is 0.0622. The highest BCUT2D eigenvalue weighted by Gasteiger charge is 2.37. The summed E-state index contributed by atoms with van der Waals surface area (Å²) in [7, 11) is 0. The molecule has 6 aromatic rings. The highest BCUT2D eigenvalue weighted by molar-refractivity contribution is 5.83. The fourth-order valence-corrected chi connectivity index (χ4v) is 6.72. The molecule has 5 heteroatoms. The van der Waals surface area contributed by atoms with Crippen LogP contribution in [0.2, 0.25) is 0 Å². The quantitative estimate of drug-likeness (QED) is 0.227. The molecule has 2 N–H and O–H groups in total. The zero-order chi connectivity index (χ0) is 29.0. The molecule has 0 saturated carbocycles. The zero-order valence-electron chi connectivity index (χ0n) is 23.9. The summed E-state index contributed by atoms with van der Waals surface area (Å²) in [5.41, 5.74) is 11.6. The van der Waals surface area contributed by atoms with E-state index in [-0.39, 0.29) is 12.2 Å². The third-order valence-electron chi connectivity index (χ3n) is 8.86. The van der Waals surface area contributed by atoms with Gasteiger partial charge in [-0.2, -0.15) is 0 Å². The number of hydrogen-bond donors (Lipinski definition) is 2. The van der Waals surface area contributed by atoms with E-state index in [0.717, 1.165) is 39.6 Å². The molecule has 44 heavy (non-hydrogen) atoms. The van der Waals surface area contributed by atoms with Gasteiger partial charge < -0.3 is 15.5 Å². The van der Waals surface area contributed by atoms with Crippen molar-refractivity contribution in [3.63, 3.8) is 0 Å². The maximum atomic E-state index is 4.99. The number of rotatable bonds is 4. The Kier molecular flexibility index (Phi) is 5.56. The Balaban J connectivity index is 1.04. The van der Waals surface area contributed by atoms with Crippen LogP contribution < -0.4 is 10.6 Å². The van der Waals surface area contributed by atoms with Gasteiger partial charge in [0.05, 0.1) is 22.8 Å². The van der Waals surface area contributed by atoms with Crippen LogP contribution >= 0.6 is 0 Å². The molecule has 2 atom stereocenters. The van der Waals surface area contributed by atoms with Gasteiger partial charge in [-0.3, -0.25) is 4.57 Å². The molecule has 9 rings (SSSR count). The van der Waals surface area contributed by atoms with E-state index in [2.05, 4.69) is 160 Å². The highest BCUT2D eigenvalue weighted by Crippen LogP contribution is 2.40. The Labute approximate surface area is 256 Å². The van der Waals surface area contributed by atoms with Crippen molar-refractivity contribution in [3.8, 4) is 28.2 Å². The van der Waals surface area contributed by atoms with Crippen LogP contribution in [0.3, 0.4) is 0 Å². The fourth-order valence-electron chi connectivity index (χ4n) is 6.72. The Morgan fingerprint density at radius 2 is 1.34 bits per heavy atom. The summed E-state index contributed by atoms with van der Waals surface area (Å²) in [6.07, 6.45) is 8.65. The Hall–Kier alpha value is -5.81. The normalized spacial score (nSPS) is 18.0. The molecule has 0 radical (unpaired) electrons. The van der Waals surface area contributed by atoms with Crippen molar-refractivity contribution in [1.29, 1.82) is 0 Å². The molecule has 0 fully saturated rings. The molecule has 3 aliphatic heterocycles. The van der Waals surface area contributed by atoms with Crippen molar-refractivity contribution in [2.45, 2.75) is 12.2 Å². The van der Waals surface area contributed by atoms with E-state index in [9.17, 15) is 0 Å². The first kappa shape index (κ1) is 24.8. The van der Waals surface area contributed by atoms with Gasteiger partial charge in [-0.05, 0) is 58.7 Å². The van der Waals surface area contributed by atoms with E-state index in [1.807, 2.05) is 12.1 Å². The second-order valence-electron chi connectivity index (χ2n) is 11.4. The van der Waals surface area contributed by atoms with E-state index >= 15 is 0 Å². The molecule has 0 saturated heterocycles. The van der Waals surface area contributed by atoms with Crippen LogP contribution in [0.25, 0.3) is 44.9 Å². The summed E-state index contributed by atoms with van der Waals surface area (Å²) in [5, 5.41) is 7.54. The number of aromatic nitrogens is 2. The van der Waals surface area contributed by atoms with Crippen LogP contribution in [0, 0.1) is 0 Å². The molecule has 4 heterocycles. The van der Waals surface area contributed by atoms with Gasteiger partial charge in [0, 0.05) is 23.0 Å². The molecule has 3 aliphatic rings. The Morgan fingerprint density at radius 3 is 2.18 bits per heavy atom. The van der Waals surface area contributed by atoms with Gasteiger partial charge in [0.1, 0.15) is 17.8 Å². The number of imidazole rings is 1. The molecule has 0 spiro atoms. The second-order valence-corrected chi connectivity index (χ2v) is 11.4. The smallest absolute Gasteiger partial charge is 0.145 e. The summed E-state index contributed by atoms with van der Waals surface area (Å²) in [6.45, 7) is 0.